The van der Waals surface area contributed by atoms with Crippen molar-refractivity contribution < 1.29 is 4.42 Å². The Labute approximate surface area is 315 Å². The van der Waals surface area contributed by atoms with Crippen LogP contribution in [0.15, 0.2) is 193 Å². The summed E-state index contributed by atoms with van der Waals surface area (Å²) in [5.41, 5.74) is 13.4. The fraction of sp³-hybridized carbons (Fsp3) is 0. The van der Waals surface area contributed by atoms with Crippen molar-refractivity contribution >= 4 is 76.3 Å². The van der Waals surface area contributed by atoms with Crippen molar-refractivity contribution in [2.24, 2.45) is 0 Å². The lowest BCUT2D eigenvalue weighted by molar-refractivity contribution is 0.670. The van der Waals surface area contributed by atoms with Gasteiger partial charge >= 0.3 is 0 Å². The Balaban J connectivity index is 1.07. The molecule has 0 saturated heterocycles. The molecule has 0 fully saturated rings. The molecule has 0 radical (unpaired) electrons. The van der Waals surface area contributed by atoms with Crippen molar-refractivity contribution in [2.75, 3.05) is 0 Å². The van der Waals surface area contributed by atoms with E-state index < -0.39 is 0 Å². The van der Waals surface area contributed by atoms with Crippen LogP contribution in [0.5, 0.6) is 0 Å². The summed E-state index contributed by atoms with van der Waals surface area (Å²) in [5.74, 6) is 0. The van der Waals surface area contributed by atoms with E-state index in [1.54, 1.807) is 0 Å². The first-order valence-electron chi connectivity index (χ1n) is 18.7. The minimum absolute atomic E-state index is 0.907. The van der Waals surface area contributed by atoms with Crippen molar-refractivity contribution in [1.82, 2.24) is 14.1 Å². The minimum atomic E-state index is 0.907. The number of aromatic nitrogens is 3. The summed E-state index contributed by atoms with van der Waals surface area (Å²) in [4.78, 5) is 4.59. The maximum absolute atomic E-state index is 6.46. The number of fused-ring (bicyclic) bond motifs is 11. The van der Waals surface area contributed by atoms with Gasteiger partial charge in [-0.05, 0) is 82.7 Å². The van der Waals surface area contributed by atoms with Crippen LogP contribution in [0.2, 0.25) is 0 Å². The van der Waals surface area contributed by atoms with Gasteiger partial charge in [0.1, 0.15) is 11.2 Å². The highest BCUT2D eigenvalue weighted by Crippen LogP contribution is 2.43. The van der Waals surface area contributed by atoms with E-state index in [0.717, 1.165) is 55.3 Å². The van der Waals surface area contributed by atoms with E-state index in [1.807, 2.05) is 24.5 Å². The summed E-state index contributed by atoms with van der Waals surface area (Å²) >= 11 is 0. The molecule has 55 heavy (non-hydrogen) atoms. The highest BCUT2D eigenvalue weighted by Gasteiger charge is 2.20. The smallest absolute Gasteiger partial charge is 0.143 e. The van der Waals surface area contributed by atoms with E-state index in [0.29, 0.717) is 0 Å². The Kier molecular flexibility index (Phi) is 6.31. The average Bonchev–Trinajstić information content (AvgIpc) is 3.91. The fourth-order valence-electron chi connectivity index (χ4n) is 9.01. The van der Waals surface area contributed by atoms with Crippen LogP contribution in [0.1, 0.15) is 0 Å². The first kappa shape index (κ1) is 30.1. The van der Waals surface area contributed by atoms with E-state index in [1.165, 1.54) is 54.6 Å². The molecule has 0 aliphatic heterocycles. The predicted molar refractivity (Wildman–Crippen MR) is 229 cm³/mol. The maximum Gasteiger partial charge on any atom is 0.143 e. The topological polar surface area (TPSA) is 35.9 Å². The van der Waals surface area contributed by atoms with Crippen molar-refractivity contribution in [3.8, 4) is 33.6 Å². The summed E-state index contributed by atoms with van der Waals surface area (Å²) in [6.45, 7) is 0. The molecule has 8 aromatic carbocycles. The highest BCUT2D eigenvalue weighted by molar-refractivity contribution is 6.22. The van der Waals surface area contributed by atoms with Gasteiger partial charge in [0.15, 0.2) is 0 Å². The number of furan rings is 1. The second kappa shape index (κ2) is 11.5. The van der Waals surface area contributed by atoms with Crippen LogP contribution in [0.4, 0.5) is 0 Å². The first-order valence-corrected chi connectivity index (χ1v) is 18.7. The minimum Gasteiger partial charge on any atom is -0.455 e. The van der Waals surface area contributed by atoms with Gasteiger partial charge in [0, 0.05) is 67.0 Å². The van der Waals surface area contributed by atoms with E-state index in [9.17, 15) is 0 Å². The Morgan fingerprint density at radius 3 is 1.98 bits per heavy atom. The van der Waals surface area contributed by atoms with E-state index in [4.69, 9.17) is 4.42 Å². The molecular formula is C51H31N3O. The second-order valence-corrected chi connectivity index (χ2v) is 14.3. The Hall–Kier alpha value is -7.43. The number of rotatable bonds is 4. The Morgan fingerprint density at radius 2 is 1.07 bits per heavy atom. The summed E-state index contributed by atoms with van der Waals surface area (Å²) < 4.78 is 11.2. The predicted octanol–water partition coefficient (Wildman–Crippen LogP) is 13.7. The van der Waals surface area contributed by atoms with Crippen LogP contribution in [-0.2, 0) is 0 Å². The number of benzene rings is 8. The first-order chi connectivity index (χ1) is 27.3. The molecule has 0 bridgehead atoms. The summed E-state index contributed by atoms with van der Waals surface area (Å²) in [7, 11) is 0. The van der Waals surface area contributed by atoms with Crippen LogP contribution in [0, 0.1) is 0 Å². The maximum atomic E-state index is 6.46. The third kappa shape index (κ3) is 4.37. The van der Waals surface area contributed by atoms with Crippen LogP contribution >= 0.6 is 0 Å². The molecule has 4 aromatic heterocycles. The third-order valence-corrected chi connectivity index (χ3v) is 11.4. The van der Waals surface area contributed by atoms with Gasteiger partial charge in [0.2, 0.25) is 0 Å². The SMILES string of the molecule is c1ccc(-n2c3ccncc3c3cc(-c4ccc5c(c4)c4ccccc4n5-c4cccc(-c5cccc6c5oc5ccccc56)c4)c4ccccc4c32)cc1. The number of para-hydroxylation sites is 4. The molecule has 4 heterocycles. The van der Waals surface area contributed by atoms with E-state index >= 15 is 0 Å². The number of pyridine rings is 1. The average molecular weight is 702 g/mol. The van der Waals surface area contributed by atoms with Crippen LogP contribution in [-0.4, -0.2) is 14.1 Å². The van der Waals surface area contributed by atoms with Crippen LogP contribution in [0.25, 0.3) is 110 Å². The molecular weight excluding hydrogens is 671 g/mol. The van der Waals surface area contributed by atoms with Gasteiger partial charge in [0.25, 0.3) is 0 Å². The quantitative estimate of drug-likeness (QED) is 0.183. The molecule has 0 amide bonds. The fourth-order valence-corrected chi connectivity index (χ4v) is 9.01. The largest absolute Gasteiger partial charge is 0.455 e. The van der Waals surface area contributed by atoms with E-state index in [2.05, 4.69) is 178 Å². The zero-order valence-corrected chi connectivity index (χ0v) is 29.6. The van der Waals surface area contributed by atoms with Crippen LogP contribution in [0.3, 0.4) is 0 Å². The molecule has 0 aliphatic rings. The Morgan fingerprint density at radius 1 is 0.382 bits per heavy atom. The van der Waals surface area contributed by atoms with E-state index in [-0.39, 0.29) is 0 Å². The van der Waals surface area contributed by atoms with Crippen LogP contribution < -0.4 is 0 Å². The monoisotopic (exact) mass is 701 g/mol. The standard InChI is InChI=1S/C51H31N3O/c1-2-13-34(14-3-1)54-48-26-27-52-31-45(48)44-30-42(37-16-4-5-19-40(37)50(44)54)33-24-25-47-43(29-33)38-17-6-8-22-46(38)53(47)35-15-10-12-32(28-35)36-20-11-21-41-39-18-7-9-23-49(39)55-51(36)41/h1-31H. The summed E-state index contributed by atoms with van der Waals surface area (Å²) in [6, 6.07) is 63.3. The molecule has 0 spiro atoms. The van der Waals surface area contributed by atoms with Crippen molar-refractivity contribution in [3.05, 3.63) is 188 Å². The highest BCUT2D eigenvalue weighted by atomic mass is 16.3. The van der Waals surface area contributed by atoms with Gasteiger partial charge in [-0.15, -0.1) is 0 Å². The van der Waals surface area contributed by atoms with Gasteiger partial charge in [-0.3, -0.25) is 4.98 Å². The van der Waals surface area contributed by atoms with Gasteiger partial charge in [-0.2, -0.15) is 0 Å². The second-order valence-electron chi connectivity index (χ2n) is 14.3. The number of hydrogen-bond acceptors (Lipinski definition) is 2. The van der Waals surface area contributed by atoms with Gasteiger partial charge in [-0.1, -0.05) is 115 Å². The lowest BCUT2D eigenvalue weighted by atomic mass is 9.94. The molecule has 4 heteroatoms. The lowest BCUT2D eigenvalue weighted by Gasteiger charge is -2.13. The lowest BCUT2D eigenvalue weighted by Crippen LogP contribution is -1.95. The molecule has 0 atom stereocenters. The van der Waals surface area contributed by atoms with Crippen molar-refractivity contribution in [1.29, 1.82) is 0 Å². The van der Waals surface area contributed by atoms with Crippen molar-refractivity contribution in [3.63, 3.8) is 0 Å². The van der Waals surface area contributed by atoms with Gasteiger partial charge < -0.3 is 13.6 Å². The van der Waals surface area contributed by atoms with Gasteiger partial charge in [0.05, 0.1) is 22.1 Å². The molecule has 0 N–H and O–H groups in total. The van der Waals surface area contributed by atoms with Gasteiger partial charge in [-0.25, -0.2) is 0 Å². The molecule has 12 aromatic rings. The normalized spacial score (nSPS) is 12.0. The molecule has 256 valence electrons. The van der Waals surface area contributed by atoms with Crippen molar-refractivity contribution in [2.45, 2.75) is 0 Å². The zero-order chi connectivity index (χ0) is 36.0. The number of nitrogens with zero attached hydrogens (tertiary/aromatic N) is 3. The molecule has 4 nitrogen and oxygen atoms in total. The summed E-state index contributed by atoms with van der Waals surface area (Å²) in [5, 5.41) is 9.49. The molecule has 0 saturated carbocycles. The number of hydrogen-bond donors (Lipinski definition) is 0. The zero-order valence-electron chi connectivity index (χ0n) is 29.6. The molecule has 12 rings (SSSR count). The third-order valence-electron chi connectivity index (χ3n) is 11.4. The summed E-state index contributed by atoms with van der Waals surface area (Å²) in [6.07, 6.45) is 3.90. The molecule has 0 unspecified atom stereocenters. The molecule has 0 aliphatic carbocycles. The Bertz CT molecular complexity index is 3490.